The summed E-state index contributed by atoms with van der Waals surface area (Å²) in [6.45, 7) is 0.510. The molecule has 4 aromatic rings. The molecule has 34 heavy (non-hydrogen) atoms. The molecule has 1 unspecified atom stereocenters. The second kappa shape index (κ2) is 8.37. The number of imidazole rings is 1. The van der Waals surface area contributed by atoms with E-state index in [9.17, 15) is 9.90 Å². The standard InChI is InChI=1S/C28H28N4O2/c33-27(25-24-15-7-9-18-31(24)26(30-25)22-13-6-8-17-29-22)32-19-16-28(34,20-10-2-1-3-11-20)21-12-4-5-14-23(21)32/h1-3,6-11,13,15,17-18,21,23,34H,4-5,12,14,16,19H2/t21-,23?,28-/m1/s1. The first-order valence-corrected chi connectivity index (χ1v) is 12.1. The quantitative estimate of drug-likeness (QED) is 0.490. The lowest BCUT2D eigenvalue weighted by Crippen LogP contribution is -2.59. The second-order valence-corrected chi connectivity index (χ2v) is 9.45. The van der Waals surface area contributed by atoms with Crippen molar-refractivity contribution in [2.24, 2.45) is 5.92 Å². The number of hydrogen-bond acceptors (Lipinski definition) is 4. The van der Waals surface area contributed by atoms with Crippen LogP contribution in [0.5, 0.6) is 0 Å². The Morgan fingerprint density at radius 3 is 2.59 bits per heavy atom. The van der Waals surface area contributed by atoms with Crippen LogP contribution in [-0.4, -0.2) is 42.9 Å². The van der Waals surface area contributed by atoms with Crippen LogP contribution < -0.4 is 0 Å². The molecule has 3 atom stereocenters. The van der Waals surface area contributed by atoms with Gasteiger partial charge in [-0.1, -0.05) is 55.3 Å². The van der Waals surface area contributed by atoms with Crippen molar-refractivity contribution >= 4 is 11.4 Å². The van der Waals surface area contributed by atoms with Crippen molar-refractivity contribution in [3.05, 3.63) is 90.4 Å². The molecule has 1 aliphatic heterocycles. The summed E-state index contributed by atoms with van der Waals surface area (Å²) in [6, 6.07) is 21.5. The van der Waals surface area contributed by atoms with Crippen LogP contribution in [0.25, 0.3) is 17.0 Å². The SMILES string of the molecule is O=C(c1nc(-c2ccccn2)n2ccccc12)N1CC[C@@](O)(c2ccccc2)[C@@H]2CCCCC21. The Hall–Kier alpha value is -3.51. The molecule has 6 heteroatoms. The van der Waals surface area contributed by atoms with Crippen LogP contribution in [0.1, 0.15) is 48.2 Å². The molecule has 0 spiro atoms. The molecule has 2 fully saturated rings. The van der Waals surface area contributed by atoms with E-state index in [2.05, 4.69) is 4.98 Å². The number of piperidine rings is 1. The highest BCUT2D eigenvalue weighted by atomic mass is 16.3. The molecule has 3 aromatic heterocycles. The van der Waals surface area contributed by atoms with Crippen LogP contribution in [-0.2, 0) is 5.60 Å². The van der Waals surface area contributed by atoms with E-state index in [-0.39, 0.29) is 17.9 Å². The highest BCUT2D eigenvalue weighted by Gasteiger charge is 2.50. The van der Waals surface area contributed by atoms with Crippen LogP contribution >= 0.6 is 0 Å². The maximum absolute atomic E-state index is 14.0. The summed E-state index contributed by atoms with van der Waals surface area (Å²) in [6.07, 6.45) is 8.17. The van der Waals surface area contributed by atoms with Crippen LogP contribution in [0, 0.1) is 5.92 Å². The number of aromatic nitrogens is 3. The van der Waals surface area contributed by atoms with E-state index < -0.39 is 5.60 Å². The van der Waals surface area contributed by atoms with Crippen LogP contribution in [0.2, 0.25) is 0 Å². The van der Waals surface area contributed by atoms with E-state index in [1.807, 2.05) is 82.2 Å². The number of aliphatic hydroxyl groups is 1. The molecule has 1 saturated carbocycles. The van der Waals surface area contributed by atoms with E-state index in [1.54, 1.807) is 6.20 Å². The highest BCUT2D eigenvalue weighted by Crippen LogP contribution is 2.47. The predicted molar refractivity (Wildman–Crippen MR) is 130 cm³/mol. The molecule has 4 heterocycles. The molecule has 1 aliphatic carbocycles. The van der Waals surface area contributed by atoms with E-state index in [0.29, 0.717) is 24.5 Å². The molecule has 0 bridgehead atoms. The van der Waals surface area contributed by atoms with Gasteiger partial charge in [-0.05, 0) is 49.1 Å². The zero-order valence-electron chi connectivity index (χ0n) is 19.0. The second-order valence-electron chi connectivity index (χ2n) is 9.45. The summed E-state index contributed by atoms with van der Waals surface area (Å²) in [5.41, 5.74) is 2.03. The van der Waals surface area contributed by atoms with Crippen LogP contribution in [0.4, 0.5) is 0 Å². The molecule has 172 valence electrons. The third-order valence-corrected chi connectivity index (χ3v) is 7.66. The van der Waals surface area contributed by atoms with Gasteiger partial charge in [0, 0.05) is 30.9 Å². The van der Waals surface area contributed by atoms with Crippen LogP contribution in [0.3, 0.4) is 0 Å². The summed E-state index contributed by atoms with van der Waals surface area (Å²) in [5.74, 6) is 0.626. The van der Waals surface area contributed by atoms with Gasteiger partial charge in [-0.3, -0.25) is 14.2 Å². The fraction of sp³-hybridized carbons (Fsp3) is 0.321. The number of rotatable bonds is 3. The lowest BCUT2D eigenvalue weighted by atomic mass is 9.66. The van der Waals surface area contributed by atoms with Crippen molar-refractivity contribution in [1.82, 2.24) is 19.3 Å². The van der Waals surface area contributed by atoms with E-state index in [0.717, 1.165) is 42.5 Å². The fourth-order valence-electron chi connectivity index (χ4n) is 6.03. The zero-order valence-corrected chi connectivity index (χ0v) is 19.0. The van der Waals surface area contributed by atoms with Crippen molar-refractivity contribution in [1.29, 1.82) is 0 Å². The molecule has 1 N–H and O–H groups in total. The lowest BCUT2D eigenvalue weighted by Gasteiger charge is -2.52. The molecule has 0 radical (unpaired) electrons. The first-order valence-electron chi connectivity index (χ1n) is 12.1. The minimum atomic E-state index is -0.904. The normalized spacial score (nSPS) is 24.7. The maximum Gasteiger partial charge on any atom is 0.274 e. The van der Waals surface area contributed by atoms with Crippen molar-refractivity contribution in [2.45, 2.75) is 43.7 Å². The van der Waals surface area contributed by atoms with Gasteiger partial charge < -0.3 is 10.0 Å². The summed E-state index contributed by atoms with van der Waals surface area (Å²) in [4.78, 5) is 25.3. The Bertz CT molecular complexity index is 1320. The number of fused-ring (bicyclic) bond motifs is 2. The monoisotopic (exact) mass is 452 g/mol. The van der Waals surface area contributed by atoms with Crippen molar-refractivity contribution < 1.29 is 9.90 Å². The van der Waals surface area contributed by atoms with Gasteiger partial charge >= 0.3 is 0 Å². The van der Waals surface area contributed by atoms with E-state index in [1.165, 1.54) is 0 Å². The molecule has 1 saturated heterocycles. The summed E-state index contributed by atoms with van der Waals surface area (Å²) >= 11 is 0. The lowest BCUT2D eigenvalue weighted by molar-refractivity contribution is -0.110. The largest absolute Gasteiger partial charge is 0.385 e. The van der Waals surface area contributed by atoms with Crippen molar-refractivity contribution in [2.75, 3.05) is 6.54 Å². The fourth-order valence-corrected chi connectivity index (χ4v) is 6.03. The molecular formula is C28H28N4O2. The number of hydrogen-bond donors (Lipinski definition) is 1. The number of pyridine rings is 2. The average Bonchev–Trinajstić information content (AvgIpc) is 3.30. The van der Waals surface area contributed by atoms with Gasteiger partial charge in [-0.2, -0.15) is 0 Å². The average molecular weight is 453 g/mol. The van der Waals surface area contributed by atoms with Gasteiger partial charge in [-0.15, -0.1) is 0 Å². The van der Waals surface area contributed by atoms with Gasteiger partial charge in [0.05, 0.1) is 11.1 Å². The first kappa shape index (κ1) is 21.1. The Balaban J connectivity index is 1.39. The molecule has 6 nitrogen and oxygen atoms in total. The van der Waals surface area contributed by atoms with E-state index in [4.69, 9.17) is 4.98 Å². The summed E-state index contributed by atoms with van der Waals surface area (Å²) < 4.78 is 1.94. The number of likely N-dealkylation sites (tertiary alicyclic amines) is 1. The Kier molecular flexibility index (Phi) is 5.18. The predicted octanol–water partition coefficient (Wildman–Crippen LogP) is 4.69. The molecule has 1 amide bonds. The summed E-state index contributed by atoms with van der Waals surface area (Å²) in [7, 11) is 0. The van der Waals surface area contributed by atoms with Gasteiger partial charge in [0.2, 0.25) is 0 Å². The number of carbonyl (C=O) groups excluding carboxylic acids is 1. The third kappa shape index (κ3) is 3.32. The van der Waals surface area contributed by atoms with Crippen LogP contribution in [0.15, 0.2) is 79.1 Å². The summed E-state index contributed by atoms with van der Waals surface area (Å²) in [5, 5.41) is 11.9. The zero-order chi connectivity index (χ0) is 23.1. The van der Waals surface area contributed by atoms with Crippen molar-refractivity contribution in [3.8, 4) is 11.5 Å². The van der Waals surface area contributed by atoms with E-state index >= 15 is 0 Å². The minimum Gasteiger partial charge on any atom is -0.385 e. The number of benzene rings is 1. The topological polar surface area (TPSA) is 70.7 Å². The molecule has 6 rings (SSSR count). The smallest absolute Gasteiger partial charge is 0.274 e. The highest BCUT2D eigenvalue weighted by molar-refractivity contribution is 6.00. The maximum atomic E-state index is 14.0. The number of carbonyl (C=O) groups is 1. The molecule has 1 aromatic carbocycles. The Morgan fingerprint density at radius 2 is 1.76 bits per heavy atom. The molecular weight excluding hydrogens is 424 g/mol. The first-order chi connectivity index (χ1) is 16.7. The number of amides is 1. The third-order valence-electron chi connectivity index (χ3n) is 7.66. The Morgan fingerprint density at radius 1 is 0.971 bits per heavy atom. The van der Waals surface area contributed by atoms with Gasteiger partial charge in [-0.25, -0.2) is 4.98 Å². The van der Waals surface area contributed by atoms with Gasteiger partial charge in [0.25, 0.3) is 5.91 Å². The number of nitrogens with zero attached hydrogens (tertiary/aromatic N) is 4. The van der Waals surface area contributed by atoms with Crippen molar-refractivity contribution in [3.63, 3.8) is 0 Å². The Labute approximate surface area is 198 Å². The van der Waals surface area contributed by atoms with Gasteiger partial charge in [0.15, 0.2) is 11.5 Å². The minimum absolute atomic E-state index is 0.000955. The molecule has 2 aliphatic rings. The van der Waals surface area contributed by atoms with Gasteiger partial charge in [0.1, 0.15) is 5.69 Å².